The average molecular weight is 506 g/mol. The molecule has 2 fully saturated rings. The molecular weight excluding hydrogens is 469 g/mol. The topological polar surface area (TPSA) is 72.6 Å². The van der Waals surface area contributed by atoms with E-state index in [0.29, 0.717) is 29.3 Å². The first-order valence-electron chi connectivity index (χ1n) is 13.4. The third kappa shape index (κ3) is 5.43. The van der Waals surface area contributed by atoms with Crippen LogP contribution in [0.4, 0.5) is 4.39 Å². The second kappa shape index (κ2) is 10.3. The van der Waals surface area contributed by atoms with E-state index in [0.717, 1.165) is 61.0 Å². The standard InChI is InChI=1S/C31H36FNO4/c1-31(2)15-5-8-25(31)29-27(37-33-30(29)24-17-22(36-3)12-13-26(24)32)14-9-19-6-4-7-21(16-19)23(18-28(34)35)20-10-11-20/h4,6-7,12-13,16-17,20,23,25H,5,8-11,14-15,18H2,1-3H3,(H,34,35)/t23-,25?/m0/s1. The molecule has 1 aromatic heterocycles. The third-order valence-electron chi connectivity index (χ3n) is 8.44. The van der Waals surface area contributed by atoms with E-state index in [1.807, 2.05) is 6.07 Å². The van der Waals surface area contributed by atoms with Crippen molar-refractivity contribution >= 4 is 5.97 Å². The van der Waals surface area contributed by atoms with Gasteiger partial charge in [-0.15, -0.1) is 0 Å². The maximum absolute atomic E-state index is 15.0. The number of hydrogen-bond acceptors (Lipinski definition) is 4. The Morgan fingerprint density at radius 3 is 2.68 bits per heavy atom. The summed E-state index contributed by atoms with van der Waals surface area (Å²) in [5.41, 5.74) is 4.34. The van der Waals surface area contributed by atoms with E-state index in [-0.39, 0.29) is 29.5 Å². The van der Waals surface area contributed by atoms with Crippen LogP contribution in [0.25, 0.3) is 11.3 Å². The van der Waals surface area contributed by atoms with Crippen LogP contribution in [0.1, 0.15) is 86.7 Å². The van der Waals surface area contributed by atoms with Crippen molar-refractivity contribution in [3.05, 3.63) is 70.7 Å². The normalized spacial score (nSPS) is 19.6. The Hall–Kier alpha value is -3.15. The number of rotatable bonds is 10. The van der Waals surface area contributed by atoms with Gasteiger partial charge >= 0.3 is 5.97 Å². The summed E-state index contributed by atoms with van der Waals surface area (Å²) >= 11 is 0. The van der Waals surface area contributed by atoms with Gasteiger partial charge in [0.05, 0.1) is 13.5 Å². The zero-order chi connectivity index (χ0) is 26.2. The van der Waals surface area contributed by atoms with Crippen LogP contribution in [0.15, 0.2) is 47.0 Å². The lowest BCUT2D eigenvalue weighted by atomic mass is 9.76. The Bertz CT molecular complexity index is 1280. The summed E-state index contributed by atoms with van der Waals surface area (Å²) in [4.78, 5) is 11.5. The van der Waals surface area contributed by atoms with Gasteiger partial charge in [0, 0.05) is 17.5 Å². The SMILES string of the molecule is COc1ccc(F)c(-c2noc(CCc3cccc([C@@H](CC(=O)O)C4CC4)c3)c2C2CCCC2(C)C)c1. The summed E-state index contributed by atoms with van der Waals surface area (Å²) in [6, 6.07) is 13.1. The molecule has 1 unspecified atom stereocenters. The van der Waals surface area contributed by atoms with Crippen molar-refractivity contribution in [2.45, 2.75) is 77.0 Å². The largest absolute Gasteiger partial charge is 0.497 e. The smallest absolute Gasteiger partial charge is 0.303 e. The summed E-state index contributed by atoms with van der Waals surface area (Å²) in [6.45, 7) is 4.55. The summed E-state index contributed by atoms with van der Waals surface area (Å²) in [6.07, 6.45) is 7.02. The number of aromatic nitrogens is 1. The van der Waals surface area contributed by atoms with E-state index in [4.69, 9.17) is 9.26 Å². The summed E-state index contributed by atoms with van der Waals surface area (Å²) < 4.78 is 26.3. The highest BCUT2D eigenvalue weighted by Crippen LogP contribution is 2.52. The number of aliphatic carboxylic acids is 1. The molecule has 2 aliphatic rings. The van der Waals surface area contributed by atoms with E-state index in [1.54, 1.807) is 19.2 Å². The number of carboxylic acids is 1. The fraction of sp³-hybridized carbons (Fsp3) is 0.484. The number of halogens is 1. The van der Waals surface area contributed by atoms with Gasteiger partial charge in [-0.3, -0.25) is 4.79 Å². The van der Waals surface area contributed by atoms with Gasteiger partial charge in [0.1, 0.15) is 23.0 Å². The molecule has 2 aromatic carbocycles. The molecule has 2 atom stereocenters. The van der Waals surface area contributed by atoms with Gasteiger partial charge in [0.2, 0.25) is 0 Å². The van der Waals surface area contributed by atoms with E-state index in [1.165, 1.54) is 6.07 Å². The Labute approximate surface area is 218 Å². The minimum absolute atomic E-state index is 0.0681. The molecule has 1 heterocycles. The van der Waals surface area contributed by atoms with Crippen LogP contribution in [0, 0.1) is 17.2 Å². The van der Waals surface area contributed by atoms with Crippen molar-refractivity contribution in [1.82, 2.24) is 5.16 Å². The summed E-state index contributed by atoms with van der Waals surface area (Å²) in [7, 11) is 1.57. The van der Waals surface area contributed by atoms with Crippen molar-refractivity contribution in [1.29, 1.82) is 0 Å². The Morgan fingerprint density at radius 2 is 2.00 bits per heavy atom. The van der Waals surface area contributed by atoms with E-state index < -0.39 is 5.97 Å². The molecule has 1 N–H and O–H groups in total. The highest BCUT2D eigenvalue weighted by Gasteiger charge is 2.40. The lowest BCUT2D eigenvalue weighted by Crippen LogP contribution is -2.17. The third-order valence-corrected chi connectivity index (χ3v) is 8.44. The van der Waals surface area contributed by atoms with E-state index in [2.05, 4.69) is 37.2 Å². The number of aryl methyl sites for hydroxylation is 2. The zero-order valence-electron chi connectivity index (χ0n) is 21.9. The predicted molar refractivity (Wildman–Crippen MR) is 140 cm³/mol. The second-order valence-electron chi connectivity index (χ2n) is 11.4. The number of hydrogen-bond donors (Lipinski definition) is 1. The Balaban J connectivity index is 1.46. The first-order chi connectivity index (χ1) is 17.8. The molecule has 2 aliphatic carbocycles. The van der Waals surface area contributed by atoms with Crippen molar-refractivity contribution in [2.24, 2.45) is 11.3 Å². The summed E-state index contributed by atoms with van der Waals surface area (Å²) in [5, 5.41) is 13.8. The van der Waals surface area contributed by atoms with Gasteiger partial charge in [0.25, 0.3) is 0 Å². The zero-order valence-corrected chi connectivity index (χ0v) is 21.9. The minimum atomic E-state index is -0.745. The van der Waals surface area contributed by atoms with Crippen LogP contribution in [-0.4, -0.2) is 23.3 Å². The Kier molecular flexibility index (Phi) is 7.11. The number of benzene rings is 2. The molecule has 6 heteroatoms. The van der Waals surface area contributed by atoms with Gasteiger partial charge < -0.3 is 14.4 Å². The molecule has 5 rings (SSSR count). The molecule has 0 aliphatic heterocycles. The molecule has 196 valence electrons. The molecule has 0 bridgehead atoms. The fourth-order valence-electron chi connectivity index (χ4n) is 6.22. The molecule has 0 amide bonds. The van der Waals surface area contributed by atoms with Crippen LogP contribution in [0.2, 0.25) is 0 Å². The molecular formula is C31H36FNO4. The van der Waals surface area contributed by atoms with Crippen molar-refractivity contribution in [3.63, 3.8) is 0 Å². The van der Waals surface area contributed by atoms with Crippen LogP contribution in [-0.2, 0) is 17.6 Å². The highest BCUT2D eigenvalue weighted by molar-refractivity contribution is 5.68. The van der Waals surface area contributed by atoms with Gasteiger partial charge in [-0.1, -0.05) is 49.7 Å². The maximum atomic E-state index is 15.0. The van der Waals surface area contributed by atoms with Gasteiger partial charge in [-0.25, -0.2) is 4.39 Å². The average Bonchev–Trinajstić information content (AvgIpc) is 3.54. The van der Waals surface area contributed by atoms with Crippen molar-refractivity contribution in [2.75, 3.05) is 7.11 Å². The van der Waals surface area contributed by atoms with Crippen LogP contribution >= 0.6 is 0 Å². The molecule has 0 spiro atoms. The molecule has 0 radical (unpaired) electrons. The highest BCUT2D eigenvalue weighted by atomic mass is 19.1. The van der Waals surface area contributed by atoms with Crippen molar-refractivity contribution < 1.29 is 23.6 Å². The first kappa shape index (κ1) is 25.5. The first-order valence-corrected chi connectivity index (χ1v) is 13.4. The summed E-state index contributed by atoms with van der Waals surface area (Å²) in [5.74, 6) is 1.08. The monoisotopic (exact) mass is 505 g/mol. The van der Waals surface area contributed by atoms with Crippen LogP contribution < -0.4 is 4.74 Å². The molecule has 3 aromatic rings. The predicted octanol–water partition coefficient (Wildman–Crippen LogP) is 7.54. The van der Waals surface area contributed by atoms with Crippen LogP contribution in [0.5, 0.6) is 5.75 Å². The van der Waals surface area contributed by atoms with Crippen molar-refractivity contribution in [3.8, 4) is 17.0 Å². The number of carboxylic acid groups (broad SMARTS) is 1. The maximum Gasteiger partial charge on any atom is 0.303 e. The number of methoxy groups -OCH3 is 1. The molecule has 0 saturated heterocycles. The quantitative estimate of drug-likeness (QED) is 0.308. The lowest BCUT2D eigenvalue weighted by Gasteiger charge is -2.27. The second-order valence-corrected chi connectivity index (χ2v) is 11.4. The number of ether oxygens (including phenoxy) is 1. The number of nitrogens with zero attached hydrogens (tertiary/aromatic N) is 1. The van der Waals surface area contributed by atoms with Gasteiger partial charge in [-0.05, 0) is 84.6 Å². The van der Waals surface area contributed by atoms with Crippen LogP contribution in [0.3, 0.4) is 0 Å². The molecule has 5 nitrogen and oxygen atoms in total. The molecule has 2 saturated carbocycles. The minimum Gasteiger partial charge on any atom is -0.497 e. The van der Waals surface area contributed by atoms with Gasteiger partial charge in [-0.2, -0.15) is 0 Å². The molecule has 37 heavy (non-hydrogen) atoms. The fourth-order valence-corrected chi connectivity index (χ4v) is 6.22. The number of carbonyl (C=O) groups is 1. The van der Waals surface area contributed by atoms with Gasteiger partial charge in [0.15, 0.2) is 0 Å². The lowest BCUT2D eigenvalue weighted by molar-refractivity contribution is -0.137. The Morgan fingerprint density at radius 1 is 1.19 bits per heavy atom. The van der Waals surface area contributed by atoms with E-state index in [9.17, 15) is 9.90 Å². The van der Waals surface area contributed by atoms with E-state index >= 15 is 4.39 Å².